The average Bonchev–Trinajstić information content (AvgIpc) is 2.33. The number of nitrogens with zero attached hydrogens (tertiary/aromatic N) is 1. The lowest BCUT2D eigenvalue weighted by Gasteiger charge is -2.31. The van der Waals surface area contributed by atoms with Crippen molar-refractivity contribution in [1.82, 2.24) is 4.98 Å². The molecule has 6 heteroatoms. The molecule has 2 N–H and O–H groups in total. The van der Waals surface area contributed by atoms with Gasteiger partial charge in [0.15, 0.2) is 0 Å². The highest BCUT2D eigenvalue weighted by Crippen LogP contribution is 2.31. The maximum Gasteiger partial charge on any atom is 0.239 e. The molecule has 1 aromatic rings. The zero-order valence-corrected chi connectivity index (χ0v) is 12.1. The molecule has 1 aromatic heterocycles. The summed E-state index contributed by atoms with van der Waals surface area (Å²) in [5, 5.41) is 5.02. The van der Waals surface area contributed by atoms with E-state index in [1.807, 2.05) is 0 Å². The van der Waals surface area contributed by atoms with Crippen molar-refractivity contribution in [3.05, 3.63) is 18.3 Å². The van der Waals surface area contributed by atoms with E-state index in [1.165, 1.54) is 12.3 Å². The molecule has 1 aliphatic rings. The third-order valence-corrected chi connectivity index (χ3v) is 4.77. The molecule has 0 bridgehead atoms. The summed E-state index contributed by atoms with van der Waals surface area (Å²) in [5.41, 5.74) is 0. The van der Waals surface area contributed by atoms with Crippen LogP contribution in [-0.4, -0.2) is 19.5 Å². The molecule has 3 unspecified atom stereocenters. The van der Waals surface area contributed by atoms with Crippen LogP contribution in [0.15, 0.2) is 23.2 Å². The summed E-state index contributed by atoms with van der Waals surface area (Å²) in [6.07, 6.45) is 4.59. The number of nitrogens with two attached hydrogens (primary N) is 1. The van der Waals surface area contributed by atoms with E-state index in [2.05, 4.69) is 18.8 Å². The van der Waals surface area contributed by atoms with Crippen molar-refractivity contribution in [1.29, 1.82) is 0 Å². The molecule has 3 atom stereocenters. The fourth-order valence-electron chi connectivity index (χ4n) is 2.38. The summed E-state index contributed by atoms with van der Waals surface area (Å²) >= 11 is 0. The minimum Gasteiger partial charge on any atom is -0.474 e. The van der Waals surface area contributed by atoms with E-state index in [9.17, 15) is 8.42 Å². The topological polar surface area (TPSA) is 82.3 Å². The summed E-state index contributed by atoms with van der Waals surface area (Å²) in [4.78, 5) is 4.01. The molecule has 106 valence electrons. The van der Waals surface area contributed by atoms with Gasteiger partial charge in [-0.05, 0) is 37.2 Å². The number of aromatic nitrogens is 1. The number of rotatable bonds is 3. The van der Waals surface area contributed by atoms with Crippen LogP contribution < -0.4 is 9.88 Å². The van der Waals surface area contributed by atoms with Crippen LogP contribution in [0.25, 0.3) is 0 Å². The van der Waals surface area contributed by atoms with Crippen molar-refractivity contribution in [2.45, 2.75) is 44.1 Å². The molecule has 0 radical (unpaired) electrons. The van der Waals surface area contributed by atoms with Crippen LogP contribution in [-0.2, 0) is 10.0 Å². The van der Waals surface area contributed by atoms with E-state index in [0.29, 0.717) is 11.8 Å². The van der Waals surface area contributed by atoms with Crippen molar-refractivity contribution in [2.24, 2.45) is 17.0 Å². The van der Waals surface area contributed by atoms with Gasteiger partial charge < -0.3 is 4.74 Å². The number of pyridine rings is 1. The van der Waals surface area contributed by atoms with Gasteiger partial charge in [-0.2, -0.15) is 0 Å². The van der Waals surface area contributed by atoms with E-state index in [0.717, 1.165) is 25.2 Å². The zero-order valence-electron chi connectivity index (χ0n) is 11.2. The lowest BCUT2D eigenvalue weighted by molar-refractivity contribution is 0.0964. The van der Waals surface area contributed by atoms with Gasteiger partial charge in [0.2, 0.25) is 15.9 Å². The molecule has 0 amide bonds. The largest absolute Gasteiger partial charge is 0.474 e. The van der Waals surface area contributed by atoms with Gasteiger partial charge in [-0.25, -0.2) is 18.5 Å². The van der Waals surface area contributed by atoms with Gasteiger partial charge in [0.05, 0.1) is 6.20 Å². The predicted molar refractivity (Wildman–Crippen MR) is 72.2 cm³/mol. The molecular weight excluding hydrogens is 264 g/mol. The average molecular weight is 284 g/mol. The molecule has 1 saturated carbocycles. The van der Waals surface area contributed by atoms with E-state index in [-0.39, 0.29) is 11.0 Å². The summed E-state index contributed by atoms with van der Waals surface area (Å²) in [6.45, 7) is 4.50. The van der Waals surface area contributed by atoms with Gasteiger partial charge in [-0.15, -0.1) is 0 Å². The molecule has 19 heavy (non-hydrogen) atoms. The van der Waals surface area contributed by atoms with Crippen LogP contribution in [0, 0.1) is 11.8 Å². The van der Waals surface area contributed by atoms with Crippen molar-refractivity contribution in [3.8, 4) is 5.88 Å². The van der Waals surface area contributed by atoms with E-state index >= 15 is 0 Å². The first kappa shape index (κ1) is 14.3. The Hall–Kier alpha value is -1.14. The van der Waals surface area contributed by atoms with Gasteiger partial charge in [-0.3, -0.25) is 0 Å². The molecule has 2 rings (SSSR count). The molecule has 1 fully saturated rings. The molecule has 1 aliphatic carbocycles. The molecule has 0 aromatic carbocycles. The van der Waals surface area contributed by atoms with Gasteiger partial charge >= 0.3 is 0 Å². The van der Waals surface area contributed by atoms with Gasteiger partial charge in [0.25, 0.3) is 0 Å². The van der Waals surface area contributed by atoms with Crippen LogP contribution in [0.3, 0.4) is 0 Å². The van der Waals surface area contributed by atoms with Crippen LogP contribution in [0.1, 0.15) is 33.1 Å². The van der Waals surface area contributed by atoms with Gasteiger partial charge in [-0.1, -0.05) is 13.8 Å². The Morgan fingerprint density at radius 3 is 2.53 bits per heavy atom. The summed E-state index contributed by atoms with van der Waals surface area (Å²) < 4.78 is 28.0. The monoisotopic (exact) mass is 284 g/mol. The Morgan fingerprint density at radius 1 is 1.26 bits per heavy atom. The minimum atomic E-state index is -3.69. The first-order valence-corrected chi connectivity index (χ1v) is 8.06. The summed E-state index contributed by atoms with van der Waals surface area (Å²) in [7, 11) is -3.69. The van der Waals surface area contributed by atoms with E-state index in [1.54, 1.807) is 6.07 Å². The lowest BCUT2D eigenvalue weighted by atomic mass is 9.80. The van der Waals surface area contributed by atoms with Crippen molar-refractivity contribution in [2.75, 3.05) is 0 Å². The fraction of sp³-hybridized carbons (Fsp3) is 0.615. The second kappa shape index (κ2) is 5.46. The highest BCUT2D eigenvalue weighted by atomic mass is 32.2. The van der Waals surface area contributed by atoms with Gasteiger partial charge in [0, 0.05) is 6.07 Å². The predicted octanol–water partition coefficient (Wildman–Crippen LogP) is 1.93. The first-order chi connectivity index (χ1) is 8.86. The molecule has 5 nitrogen and oxygen atoms in total. The van der Waals surface area contributed by atoms with E-state index in [4.69, 9.17) is 9.88 Å². The second-order valence-corrected chi connectivity index (χ2v) is 6.95. The Labute approximate surface area is 114 Å². The third-order valence-electron chi connectivity index (χ3n) is 3.88. The molecule has 0 saturated heterocycles. The minimum absolute atomic E-state index is 0.00508. The highest BCUT2D eigenvalue weighted by molar-refractivity contribution is 7.89. The Kier molecular flexibility index (Phi) is 4.10. The second-order valence-electron chi connectivity index (χ2n) is 5.38. The summed E-state index contributed by atoms with van der Waals surface area (Å²) in [6, 6.07) is 2.98. The van der Waals surface area contributed by atoms with Crippen LogP contribution in [0.4, 0.5) is 0 Å². The maximum absolute atomic E-state index is 11.1. The zero-order chi connectivity index (χ0) is 14.0. The Bertz CT molecular complexity index is 527. The molecule has 1 heterocycles. The van der Waals surface area contributed by atoms with E-state index < -0.39 is 10.0 Å². The van der Waals surface area contributed by atoms with Crippen molar-refractivity contribution < 1.29 is 13.2 Å². The number of primary sulfonamides is 1. The van der Waals surface area contributed by atoms with Crippen molar-refractivity contribution in [3.63, 3.8) is 0 Å². The lowest BCUT2D eigenvalue weighted by Crippen LogP contribution is -2.29. The summed E-state index contributed by atoms with van der Waals surface area (Å²) in [5.74, 6) is 1.83. The molecule has 0 aliphatic heterocycles. The van der Waals surface area contributed by atoms with Crippen LogP contribution in [0.2, 0.25) is 0 Å². The third kappa shape index (κ3) is 3.67. The SMILES string of the molecule is CC1CCC(Oc2ccc(S(N)(=O)=O)cn2)CC1C. The van der Waals surface area contributed by atoms with Gasteiger partial charge in [0.1, 0.15) is 11.0 Å². The fourth-order valence-corrected chi connectivity index (χ4v) is 2.84. The number of hydrogen-bond acceptors (Lipinski definition) is 4. The number of ether oxygens (including phenoxy) is 1. The molecule has 0 spiro atoms. The van der Waals surface area contributed by atoms with Crippen LogP contribution in [0.5, 0.6) is 5.88 Å². The standard InChI is InChI=1S/C13H20N2O3S/c1-9-3-4-11(7-10(9)2)18-13-6-5-12(8-15-13)19(14,16)17/h5-6,8-11H,3-4,7H2,1-2H3,(H2,14,16,17). The number of sulfonamides is 1. The molecular formula is C13H20N2O3S. The maximum atomic E-state index is 11.1. The first-order valence-electron chi connectivity index (χ1n) is 6.52. The normalized spacial score (nSPS) is 28.1. The smallest absolute Gasteiger partial charge is 0.239 e. The number of hydrogen-bond donors (Lipinski definition) is 1. The quantitative estimate of drug-likeness (QED) is 0.919. The highest BCUT2D eigenvalue weighted by Gasteiger charge is 2.26. The van der Waals surface area contributed by atoms with Crippen molar-refractivity contribution >= 4 is 10.0 Å². The van der Waals surface area contributed by atoms with Crippen LogP contribution >= 0.6 is 0 Å². The Balaban J connectivity index is 2.00. The Morgan fingerprint density at radius 2 is 2.00 bits per heavy atom.